The lowest BCUT2D eigenvalue weighted by Gasteiger charge is -1.96. The van der Waals surface area contributed by atoms with Gasteiger partial charge < -0.3 is 9.73 Å². The molecule has 0 radical (unpaired) electrons. The van der Waals surface area contributed by atoms with Gasteiger partial charge in [-0.3, -0.25) is 5.32 Å². The minimum atomic E-state index is -0.341. The number of aryl methyl sites for hydroxylation is 1. The monoisotopic (exact) mass is 155 g/mol. The van der Waals surface area contributed by atoms with Gasteiger partial charge in [-0.1, -0.05) is 0 Å². The Morgan fingerprint density at radius 1 is 1.73 bits per heavy atom. The fourth-order valence-electron chi connectivity index (χ4n) is 0.571. The minimum Gasteiger partial charge on any atom is -0.432 e. The van der Waals surface area contributed by atoms with Gasteiger partial charge in [-0.25, -0.2) is 4.79 Å². The second-order valence-electron chi connectivity index (χ2n) is 2.00. The van der Waals surface area contributed by atoms with Gasteiger partial charge in [0.1, 0.15) is 6.26 Å². The summed E-state index contributed by atoms with van der Waals surface area (Å²) < 4.78 is 4.85. The molecule has 2 amide bonds. The molecule has 0 atom stereocenters. The molecule has 60 valence electrons. The van der Waals surface area contributed by atoms with Crippen molar-refractivity contribution in [3.63, 3.8) is 0 Å². The van der Waals surface area contributed by atoms with Gasteiger partial charge in [0.05, 0.1) is 5.69 Å². The molecule has 11 heavy (non-hydrogen) atoms. The van der Waals surface area contributed by atoms with Crippen molar-refractivity contribution < 1.29 is 9.21 Å². The third-order valence-electron chi connectivity index (χ3n) is 1.07. The van der Waals surface area contributed by atoms with Gasteiger partial charge in [-0.15, -0.1) is 0 Å². The Bertz CT molecular complexity index is 256. The molecular weight excluding hydrogens is 146 g/mol. The number of urea groups is 1. The number of nitrogens with one attached hydrogen (secondary N) is 2. The average molecular weight is 155 g/mol. The van der Waals surface area contributed by atoms with Crippen LogP contribution in [0.2, 0.25) is 0 Å². The first-order valence-corrected chi connectivity index (χ1v) is 3.13. The van der Waals surface area contributed by atoms with Gasteiger partial charge in [0.2, 0.25) is 0 Å². The second kappa shape index (κ2) is 3.05. The third-order valence-corrected chi connectivity index (χ3v) is 1.07. The Kier molecular flexibility index (Phi) is 2.10. The van der Waals surface area contributed by atoms with Crippen LogP contribution in [-0.4, -0.2) is 18.1 Å². The summed E-state index contributed by atoms with van der Waals surface area (Å²) in [5.74, 6) is 0. The summed E-state index contributed by atoms with van der Waals surface area (Å²) in [6, 6.07) is -0.131. The van der Waals surface area contributed by atoms with E-state index >= 15 is 0 Å². The van der Waals surface area contributed by atoms with Gasteiger partial charge >= 0.3 is 12.0 Å². The smallest absolute Gasteiger partial charge is 0.322 e. The molecule has 1 heterocycles. The highest BCUT2D eigenvalue weighted by Gasteiger charge is 2.02. The zero-order chi connectivity index (χ0) is 8.27. The van der Waals surface area contributed by atoms with E-state index in [1.165, 1.54) is 13.3 Å². The van der Waals surface area contributed by atoms with Crippen LogP contribution in [0.15, 0.2) is 10.7 Å². The molecule has 0 spiro atoms. The van der Waals surface area contributed by atoms with E-state index < -0.39 is 0 Å². The molecule has 0 aliphatic heterocycles. The van der Waals surface area contributed by atoms with Crippen molar-refractivity contribution in [3.05, 3.63) is 12.0 Å². The normalized spacial score (nSPS) is 9.27. The van der Waals surface area contributed by atoms with Crippen LogP contribution in [0.25, 0.3) is 0 Å². The molecule has 5 heteroatoms. The van der Waals surface area contributed by atoms with Crippen molar-refractivity contribution >= 4 is 12.0 Å². The number of rotatable bonds is 1. The van der Waals surface area contributed by atoms with Gasteiger partial charge in [0.25, 0.3) is 0 Å². The van der Waals surface area contributed by atoms with E-state index in [0.717, 1.165) is 5.69 Å². The molecule has 5 nitrogen and oxygen atoms in total. The molecule has 0 aromatic carbocycles. The number of nitrogens with zero attached hydrogens (tertiary/aromatic N) is 1. The van der Waals surface area contributed by atoms with E-state index in [4.69, 9.17) is 4.42 Å². The summed E-state index contributed by atoms with van der Waals surface area (Å²) in [4.78, 5) is 14.5. The number of hydrogen-bond donors (Lipinski definition) is 2. The van der Waals surface area contributed by atoms with Crippen LogP contribution in [-0.2, 0) is 0 Å². The predicted molar refractivity (Wildman–Crippen MR) is 39.3 cm³/mol. The van der Waals surface area contributed by atoms with Crippen molar-refractivity contribution in [2.24, 2.45) is 0 Å². The summed E-state index contributed by atoms with van der Waals surface area (Å²) in [6.07, 6.45) is 1.46. The van der Waals surface area contributed by atoms with Crippen LogP contribution >= 0.6 is 0 Å². The van der Waals surface area contributed by atoms with Crippen molar-refractivity contribution in [2.45, 2.75) is 6.92 Å². The standard InChI is InChI=1S/C6H9N3O2/c1-4-3-11-6(8-4)9-5(10)7-2/h3H,1-2H3,(H2,7,8,9,10). The van der Waals surface area contributed by atoms with Crippen molar-refractivity contribution in [3.8, 4) is 0 Å². The number of amides is 2. The quantitative estimate of drug-likeness (QED) is 0.628. The highest BCUT2D eigenvalue weighted by molar-refractivity contribution is 5.86. The Labute approximate surface area is 63.8 Å². The third kappa shape index (κ3) is 1.96. The molecule has 1 aromatic heterocycles. The summed E-state index contributed by atoms with van der Waals surface area (Å²) in [7, 11) is 1.52. The van der Waals surface area contributed by atoms with Crippen LogP contribution in [0, 0.1) is 6.92 Å². The Balaban J connectivity index is 2.57. The molecule has 0 unspecified atom stereocenters. The molecule has 0 saturated carbocycles. The Hall–Kier alpha value is -1.52. The molecule has 0 bridgehead atoms. The summed E-state index contributed by atoms with van der Waals surface area (Å²) >= 11 is 0. The van der Waals surface area contributed by atoms with Crippen LogP contribution in [0.4, 0.5) is 10.8 Å². The van der Waals surface area contributed by atoms with E-state index in [1.807, 2.05) is 0 Å². The number of carbonyl (C=O) groups excluding carboxylic acids is 1. The molecule has 1 rings (SSSR count). The van der Waals surface area contributed by atoms with E-state index in [0.29, 0.717) is 0 Å². The molecule has 1 aromatic rings. The van der Waals surface area contributed by atoms with Gasteiger partial charge in [0.15, 0.2) is 0 Å². The van der Waals surface area contributed by atoms with E-state index in [9.17, 15) is 4.79 Å². The van der Waals surface area contributed by atoms with E-state index in [1.54, 1.807) is 6.92 Å². The molecule has 0 aliphatic carbocycles. The molecule has 0 aliphatic rings. The fourth-order valence-corrected chi connectivity index (χ4v) is 0.571. The van der Waals surface area contributed by atoms with Crippen molar-refractivity contribution in [2.75, 3.05) is 12.4 Å². The Morgan fingerprint density at radius 3 is 2.91 bits per heavy atom. The predicted octanol–water partition coefficient (Wildman–Crippen LogP) is 0.734. The topological polar surface area (TPSA) is 67.2 Å². The zero-order valence-corrected chi connectivity index (χ0v) is 6.34. The largest absolute Gasteiger partial charge is 0.432 e. The molecular formula is C6H9N3O2. The number of carbonyl (C=O) groups is 1. The number of oxazole rings is 1. The summed E-state index contributed by atoms with van der Waals surface area (Å²) in [5.41, 5.74) is 0.733. The second-order valence-corrected chi connectivity index (χ2v) is 2.00. The number of anilines is 1. The minimum absolute atomic E-state index is 0.210. The lowest BCUT2D eigenvalue weighted by molar-refractivity contribution is 0.253. The van der Waals surface area contributed by atoms with Gasteiger partial charge in [-0.05, 0) is 6.92 Å². The lowest BCUT2D eigenvalue weighted by Crippen LogP contribution is -2.24. The van der Waals surface area contributed by atoms with Gasteiger partial charge in [-0.2, -0.15) is 4.98 Å². The zero-order valence-electron chi connectivity index (χ0n) is 6.34. The SMILES string of the molecule is CNC(=O)Nc1nc(C)co1. The van der Waals surface area contributed by atoms with E-state index in [2.05, 4.69) is 15.6 Å². The lowest BCUT2D eigenvalue weighted by atomic mass is 10.6. The van der Waals surface area contributed by atoms with Crippen LogP contribution in [0.3, 0.4) is 0 Å². The van der Waals surface area contributed by atoms with Crippen LogP contribution in [0.5, 0.6) is 0 Å². The number of hydrogen-bond acceptors (Lipinski definition) is 3. The summed E-state index contributed by atoms with van der Waals surface area (Å²) in [6.45, 7) is 1.78. The highest BCUT2D eigenvalue weighted by Crippen LogP contribution is 2.04. The average Bonchev–Trinajstić information content (AvgIpc) is 2.35. The first-order chi connectivity index (χ1) is 5.22. The molecule has 0 fully saturated rings. The fraction of sp³-hybridized carbons (Fsp3) is 0.333. The van der Waals surface area contributed by atoms with Crippen molar-refractivity contribution in [1.82, 2.24) is 10.3 Å². The maximum Gasteiger partial charge on any atom is 0.322 e. The first kappa shape index (κ1) is 7.59. The summed E-state index contributed by atoms with van der Waals surface area (Å²) in [5, 5.41) is 4.76. The highest BCUT2D eigenvalue weighted by atomic mass is 16.4. The van der Waals surface area contributed by atoms with Crippen LogP contribution < -0.4 is 10.6 Å². The maximum absolute atomic E-state index is 10.7. The van der Waals surface area contributed by atoms with Gasteiger partial charge in [0, 0.05) is 7.05 Å². The maximum atomic E-state index is 10.7. The first-order valence-electron chi connectivity index (χ1n) is 3.13. The molecule has 2 N–H and O–H groups in total. The van der Waals surface area contributed by atoms with Crippen molar-refractivity contribution in [1.29, 1.82) is 0 Å². The Morgan fingerprint density at radius 2 is 2.45 bits per heavy atom. The molecule has 0 saturated heterocycles. The number of aromatic nitrogens is 1. The van der Waals surface area contributed by atoms with E-state index in [-0.39, 0.29) is 12.0 Å². The van der Waals surface area contributed by atoms with Crippen LogP contribution in [0.1, 0.15) is 5.69 Å².